The van der Waals surface area contributed by atoms with Crippen molar-refractivity contribution in [2.75, 3.05) is 5.32 Å². The van der Waals surface area contributed by atoms with Crippen LogP contribution in [0.5, 0.6) is 5.75 Å². The van der Waals surface area contributed by atoms with Crippen LogP contribution in [0.4, 0.5) is 5.69 Å². The number of ether oxygens (including phenoxy) is 1. The second-order valence-electron chi connectivity index (χ2n) is 8.30. The van der Waals surface area contributed by atoms with Crippen LogP contribution < -0.4 is 14.8 Å². The van der Waals surface area contributed by atoms with Gasteiger partial charge in [0.15, 0.2) is 0 Å². The molecule has 2 aliphatic carbocycles. The maximum atomic E-state index is 12.6. The first-order chi connectivity index (χ1) is 13.3. The van der Waals surface area contributed by atoms with Gasteiger partial charge in [0, 0.05) is 17.6 Å². The fourth-order valence-corrected chi connectivity index (χ4v) is 4.87. The lowest BCUT2D eigenvalue weighted by atomic mass is 9.86. The number of anilines is 1. The van der Waals surface area contributed by atoms with Gasteiger partial charge in [-0.15, -0.1) is 0 Å². The fraction of sp³-hybridized carbons (Fsp3) is 0.667. The molecule has 2 N–H and O–H groups in total. The molecule has 0 aromatic heterocycles. The number of carbonyl (C=O) groups is 1. The van der Waals surface area contributed by atoms with E-state index in [9.17, 15) is 13.2 Å². The van der Waals surface area contributed by atoms with E-state index in [1.165, 1.54) is 12.8 Å². The summed E-state index contributed by atoms with van der Waals surface area (Å²) in [7, 11) is -3.26. The van der Waals surface area contributed by atoms with Gasteiger partial charge >= 0.3 is 0 Å². The normalized spacial score (nSPS) is 23.7. The molecule has 0 heterocycles. The zero-order chi connectivity index (χ0) is 20.1. The lowest BCUT2D eigenvalue weighted by molar-refractivity contribution is -0.120. The lowest BCUT2D eigenvalue weighted by Gasteiger charge is -2.28. The molecular weight excluding hydrogens is 376 g/mol. The average molecular weight is 409 g/mol. The third kappa shape index (κ3) is 5.70. The number of hydrogen-bond donors (Lipinski definition) is 2. The van der Waals surface area contributed by atoms with Crippen molar-refractivity contribution in [3.63, 3.8) is 0 Å². The van der Waals surface area contributed by atoms with Gasteiger partial charge in [0.1, 0.15) is 5.75 Å². The molecule has 0 radical (unpaired) electrons. The van der Waals surface area contributed by atoms with Crippen molar-refractivity contribution in [3.05, 3.63) is 24.3 Å². The van der Waals surface area contributed by atoms with Crippen LogP contribution in [0.1, 0.15) is 65.2 Å². The summed E-state index contributed by atoms with van der Waals surface area (Å²) in [5.74, 6) is 0.784. The number of hydrogen-bond acceptors (Lipinski definition) is 4. The molecule has 0 aliphatic heterocycles. The standard InChI is InChI=1S/C21H32N2O4S/c1-15(2)28(25,26)23-18-9-7-16(8-10-18)21(24)22-17-11-13-20(14-12-17)27-19-5-3-4-6-19/h11-16,18-19,23H,3-10H2,1-2H3,(H,22,24)/t16-,18-. The Morgan fingerprint density at radius 3 is 2.18 bits per heavy atom. The molecule has 0 unspecified atom stereocenters. The van der Waals surface area contributed by atoms with Gasteiger partial charge in [-0.1, -0.05) is 0 Å². The predicted molar refractivity (Wildman–Crippen MR) is 111 cm³/mol. The summed E-state index contributed by atoms with van der Waals surface area (Å²) < 4.78 is 32.7. The van der Waals surface area contributed by atoms with Crippen LogP contribution in [0.25, 0.3) is 0 Å². The van der Waals surface area contributed by atoms with E-state index in [0.29, 0.717) is 31.8 Å². The second-order valence-corrected chi connectivity index (χ2v) is 10.6. The van der Waals surface area contributed by atoms with Crippen LogP contribution in [0.2, 0.25) is 0 Å². The Kier molecular flexibility index (Phi) is 6.99. The van der Waals surface area contributed by atoms with Crippen molar-refractivity contribution in [3.8, 4) is 5.75 Å². The minimum absolute atomic E-state index is 0.00891. The Labute approximate surface area is 168 Å². The van der Waals surface area contributed by atoms with Crippen LogP contribution in [-0.4, -0.2) is 31.7 Å². The van der Waals surface area contributed by atoms with E-state index in [4.69, 9.17) is 4.74 Å². The van der Waals surface area contributed by atoms with Crippen LogP contribution >= 0.6 is 0 Å². The summed E-state index contributed by atoms with van der Waals surface area (Å²) in [6.45, 7) is 3.34. The molecule has 0 spiro atoms. The molecule has 1 amide bonds. The van der Waals surface area contributed by atoms with Crippen LogP contribution in [0, 0.1) is 5.92 Å². The summed E-state index contributed by atoms with van der Waals surface area (Å²) in [5, 5.41) is 2.54. The van der Waals surface area contributed by atoms with Crippen LogP contribution in [0.15, 0.2) is 24.3 Å². The molecular formula is C21H32N2O4S. The Balaban J connectivity index is 1.45. The maximum absolute atomic E-state index is 12.6. The van der Waals surface area contributed by atoms with Crippen molar-refractivity contribution in [1.29, 1.82) is 0 Å². The molecule has 1 aromatic carbocycles. The lowest BCUT2D eigenvalue weighted by Crippen LogP contribution is -2.42. The smallest absolute Gasteiger partial charge is 0.227 e. The van der Waals surface area contributed by atoms with Crippen LogP contribution in [-0.2, 0) is 14.8 Å². The highest BCUT2D eigenvalue weighted by Crippen LogP contribution is 2.28. The molecule has 2 aliphatic rings. The summed E-state index contributed by atoms with van der Waals surface area (Å²) in [4.78, 5) is 12.6. The van der Waals surface area contributed by atoms with E-state index in [-0.39, 0.29) is 17.9 Å². The van der Waals surface area contributed by atoms with Crippen molar-refractivity contribution >= 4 is 21.6 Å². The Hall–Kier alpha value is -1.60. The number of rotatable bonds is 7. The third-order valence-corrected chi connectivity index (χ3v) is 7.68. The first kappa shape index (κ1) is 21.1. The van der Waals surface area contributed by atoms with Gasteiger partial charge in [0.05, 0.1) is 11.4 Å². The van der Waals surface area contributed by atoms with E-state index in [1.54, 1.807) is 13.8 Å². The van der Waals surface area contributed by atoms with E-state index >= 15 is 0 Å². The van der Waals surface area contributed by atoms with Gasteiger partial charge < -0.3 is 10.1 Å². The number of nitrogens with one attached hydrogen (secondary N) is 2. The molecule has 0 bridgehead atoms. The molecule has 1 aromatic rings. The van der Waals surface area contributed by atoms with E-state index in [2.05, 4.69) is 10.0 Å². The monoisotopic (exact) mass is 408 g/mol. The molecule has 156 valence electrons. The minimum atomic E-state index is -3.26. The number of carbonyl (C=O) groups excluding carboxylic acids is 1. The fourth-order valence-electron chi connectivity index (χ4n) is 3.90. The Morgan fingerprint density at radius 2 is 1.61 bits per heavy atom. The summed E-state index contributed by atoms with van der Waals surface area (Å²) >= 11 is 0. The first-order valence-corrected chi connectivity index (χ1v) is 12.0. The quantitative estimate of drug-likeness (QED) is 0.718. The molecule has 28 heavy (non-hydrogen) atoms. The molecule has 6 nitrogen and oxygen atoms in total. The zero-order valence-corrected chi connectivity index (χ0v) is 17.6. The summed E-state index contributed by atoms with van der Waals surface area (Å²) in [5.41, 5.74) is 0.770. The minimum Gasteiger partial charge on any atom is -0.490 e. The van der Waals surface area contributed by atoms with Crippen molar-refractivity contribution in [1.82, 2.24) is 4.72 Å². The van der Waals surface area contributed by atoms with Gasteiger partial charge in [-0.3, -0.25) is 4.79 Å². The van der Waals surface area contributed by atoms with Gasteiger partial charge in [0.2, 0.25) is 15.9 Å². The Bertz CT molecular complexity index is 747. The van der Waals surface area contributed by atoms with E-state index < -0.39 is 15.3 Å². The highest BCUT2D eigenvalue weighted by molar-refractivity contribution is 7.90. The number of benzene rings is 1. The molecule has 0 atom stereocenters. The van der Waals surface area contributed by atoms with Crippen molar-refractivity contribution in [2.45, 2.75) is 82.6 Å². The number of sulfonamides is 1. The zero-order valence-electron chi connectivity index (χ0n) is 16.8. The van der Waals surface area contributed by atoms with Crippen molar-refractivity contribution < 1.29 is 17.9 Å². The van der Waals surface area contributed by atoms with Crippen LogP contribution in [0.3, 0.4) is 0 Å². The molecule has 2 fully saturated rings. The predicted octanol–water partition coefficient (Wildman–Crippen LogP) is 3.83. The van der Waals surface area contributed by atoms with E-state index in [0.717, 1.165) is 24.3 Å². The molecule has 0 saturated heterocycles. The van der Waals surface area contributed by atoms with Gasteiger partial charge in [-0.25, -0.2) is 13.1 Å². The highest BCUT2D eigenvalue weighted by atomic mass is 32.2. The summed E-state index contributed by atoms with van der Waals surface area (Å²) in [6.07, 6.45) is 7.81. The Morgan fingerprint density at radius 1 is 1.00 bits per heavy atom. The van der Waals surface area contributed by atoms with Gasteiger partial charge in [-0.05, 0) is 89.5 Å². The second kappa shape index (κ2) is 9.27. The largest absolute Gasteiger partial charge is 0.490 e. The maximum Gasteiger partial charge on any atom is 0.227 e. The van der Waals surface area contributed by atoms with Crippen molar-refractivity contribution in [2.24, 2.45) is 5.92 Å². The summed E-state index contributed by atoms with van der Waals surface area (Å²) in [6, 6.07) is 7.51. The van der Waals surface area contributed by atoms with E-state index in [1.807, 2.05) is 24.3 Å². The molecule has 7 heteroatoms. The highest BCUT2D eigenvalue weighted by Gasteiger charge is 2.29. The topological polar surface area (TPSA) is 84.5 Å². The first-order valence-electron chi connectivity index (χ1n) is 10.4. The molecule has 2 saturated carbocycles. The number of amides is 1. The third-order valence-electron chi connectivity index (χ3n) is 5.78. The molecule has 3 rings (SSSR count). The van der Waals surface area contributed by atoms with Gasteiger partial charge in [0.25, 0.3) is 0 Å². The SMILES string of the molecule is CC(C)S(=O)(=O)N[C@H]1CC[C@H](C(=O)Nc2ccc(OC3CCCC3)cc2)CC1. The van der Waals surface area contributed by atoms with Gasteiger partial charge in [-0.2, -0.15) is 0 Å². The average Bonchev–Trinajstić information content (AvgIpc) is 3.16.